The van der Waals surface area contributed by atoms with Crippen molar-refractivity contribution in [2.45, 2.75) is 57.5 Å². The minimum absolute atomic E-state index is 0.00446. The van der Waals surface area contributed by atoms with Crippen LogP contribution in [0.3, 0.4) is 0 Å². The third kappa shape index (κ3) is 4.52. The van der Waals surface area contributed by atoms with E-state index in [0.29, 0.717) is 11.3 Å². The molecule has 186 valence electrons. The van der Waals surface area contributed by atoms with Crippen LogP contribution in [0.2, 0.25) is 0 Å². The van der Waals surface area contributed by atoms with Crippen LogP contribution >= 0.6 is 0 Å². The van der Waals surface area contributed by atoms with E-state index in [1.54, 1.807) is 38.3 Å². The van der Waals surface area contributed by atoms with Gasteiger partial charge in [-0.05, 0) is 62.6 Å². The molecule has 2 heterocycles. The Balaban J connectivity index is 1.80. The summed E-state index contributed by atoms with van der Waals surface area (Å²) in [6, 6.07) is 11.5. The van der Waals surface area contributed by atoms with E-state index < -0.39 is 16.1 Å². The second-order valence-corrected chi connectivity index (χ2v) is 11.1. The number of benzene rings is 2. The number of carbonyl (C=O) groups is 2. The summed E-state index contributed by atoms with van der Waals surface area (Å²) in [6.45, 7) is 7.35. The van der Waals surface area contributed by atoms with E-state index in [4.69, 9.17) is 4.74 Å². The second kappa shape index (κ2) is 9.37. The van der Waals surface area contributed by atoms with Gasteiger partial charge in [0.05, 0.1) is 12.0 Å². The van der Waals surface area contributed by atoms with Crippen molar-refractivity contribution in [2.75, 3.05) is 13.7 Å². The molecule has 8 nitrogen and oxygen atoms in total. The Hall–Kier alpha value is -3.33. The lowest BCUT2D eigenvalue weighted by Crippen LogP contribution is -2.61. The first-order valence-corrected chi connectivity index (χ1v) is 13.1. The first-order chi connectivity index (χ1) is 16.5. The van der Waals surface area contributed by atoms with Crippen molar-refractivity contribution in [2.24, 2.45) is 0 Å². The summed E-state index contributed by atoms with van der Waals surface area (Å²) < 4.78 is 34.2. The molecule has 2 aliphatic heterocycles. The van der Waals surface area contributed by atoms with E-state index in [1.165, 1.54) is 20.3 Å². The molecule has 4 rings (SSSR count). The summed E-state index contributed by atoms with van der Waals surface area (Å²) >= 11 is 0. The third-order valence-corrected chi connectivity index (χ3v) is 8.41. The molecule has 35 heavy (non-hydrogen) atoms. The van der Waals surface area contributed by atoms with Crippen LogP contribution in [0.15, 0.2) is 59.4 Å². The zero-order chi connectivity index (χ0) is 25.5. The van der Waals surface area contributed by atoms with E-state index in [-0.39, 0.29) is 48.0 Å². The summed E-state index contributed by atoms with van der Waals surface area (Å²) in [5.41, 5.74) is 2.30. The van der Waals surface area contributed by atoms with Gasteiger partial charge in [0.15, 0.2) is 0 Å². The number of amides is 2. The van der Waals surface area contributed by atoms with Crippen LogP contribution in [-0.4, -0.2) is 60.1 Å². The van der Waals surface area contributed by atoms with Gasteiger partial charge >= 0.3 is 0 Å². The molecule has 1 atom stereocenters. The number of aryl methyl sites for hydroxylation is 2. The number of methoxy groups -OCH3 is 1. The van der Waals surface area contributed by atoms with Gasteiger partial charge in [-0.2, -0.15) is 0 Å². The first kappa shape index (κ1) is 24.8. The zero-order valence-corrected chi connectivity index (χ0v) is 21.5. The Kier molecular flexibility index (Phi) is 6.64. The van der Waals surface area contributed by atoms with Gasteiger partial charge in [0.25, 0.3) is 10.0 Å². The van der Waals surface area contributed by atoms with Crippen molar-refractivity contribution in [3.05, 3.63) is 71.2 Å². The maximum absolute atomic E-state index is 13.8. The number of hydrogen-bond acceptors (Lipinski definition) is 5. The summed E-state index contributed by atoms with van der Waals surface area (Å²) in [5.74, 6) is 0.403. The zero-order valence-electron chi connectivity index (χ0n) is 20.7. The van der Waals surface area contributed by atoms with Gasteiger partial charge in [-0.1, -0.05) is 24.3 Å². The van der Waals surface area contributed by atoms with Gasteiger partial charge in [-0.3, -0.25) is 14.5 Å². The van der Waals surface area contributed by atoms with Gasteiger partial charge in [0, 0.05) is 31.6 Å². The Morgan fingerprint density at radius 1 is 1.06 bits per heavy atom. The molecule has 2 aromatic rings. The first-order valence-electron chi connectivity index (χ1n) is 11.6. The van der Waals surface area contributed by atoms with Gasteiger partial charge in [-0.15, -0.1) is 0 Å². The summed E-state index contributed by atoms with van der Waals surface area (Å²) in [5, 5.41) is 0. The molecule has 0 radical (unpaired) electrons. The molecule has 0 bridgehead atoms. The lowest BCUT2D eigenvalue weighted by molar-refractivity contribution is -0.148. The highest BCUT2D eigenvalue weighted by Gasteiger charge is 2.46. The largest absolute Gasteiger partial charge is 0.497 e. The minimum Gasteiger partial charge on any atom is -0.497 e. The van der Waals surface area contributed by atoms with Crippen molar-refractivity contribution in [3.8, 4) is 5.75 Å². The molecule has 0 spiro atoms. The smallest absolute Gasteiger partial charge is 0.265 e. The number of carbonyl (C=O) groups excluding carboxylic acids is 2. The highest BCUT2D eigenvalue weighted by molar-refractivity contribution is 7.89. The summed E-state index contributed by atoms with van der Waals surface area (Å²) in [7, 11) is -2.39. The number of rotatable bonds is 6. The molecular formula is C26H31N3O5S. The monoisotopic (exact) mass is 497 g/mol. The maximum atomic E-state index is 13.8. The van der Waals surface area contributed by atoms with Crippen molar-refractivity contribution < 1.29 is 22.7 Å². The van der Waals surface area contributed by atoms with E-state index >= 15 is 0 Å². The van der Waals surface area contributed by atoms with Gasteiger partial charge < -0.3 is 9.64 Å². The predicted octanol–water partition coefficient (Wildman–Crippen LogP) is 3.20. The lowest BCUT2D eigenvalue weighted by Gasteiger charge is -2.47. The average Bonchev–Trinajstić information content (AvgIpc) is 2.82. The normalized spacial score (nSPS) is 18.6. The number of sulfonamides is 1. The van der Waals surface area contributed by atoms with Crippen molar-refractivity contribution in [1.82, 2.24) is 14.1 Å². The average molecular weight is 498 g/mol. The molecule has 0 aromatic heterocycles. The molecule has 0 N–H and O–H groups in total. The quantitative estimate of drug-likeness (QED) is 0.612. The number of hydrogen-bond donors (Lipinski definition) is 0. The molecule has 2 aliphatic rings. The van der Waals surface area contributed by atoms with Crippen molar-refractivity contribution in [3.63, 3.8) is 0 Å². The molecule has 2 aromatic carbocycles. The molecular weight excluding hydrogens is 466 g/mol. The van der Waals surface area contributed by atoms with Crippen LogP contribution in [0.1, 0.15) is 37.0 Å². The van der Waals surface area contributed by atoms with Crippen LogP contribution < -0.4 is 4.74 Å². The van der Waals surface area contributed by atoms with E-state index in [2.05, 4.69) is 0 Å². The van der Waals surface area contributed by atoms with E-state index in [9.17, 15) is 18.0 Å². The van der Waals surface area contributed by atoms with Crippen LogP contribution in [0.5, 0.6) is 5.75 Å². The highest BCUT2D eigenvalue weighted by atomic mass is 32.2. The Bertz CT molecular complexity index is 1280. The third-order valence-electron chi connectivity index (χ3n) is 6.46. The second-order valence-electron chi connectivity index (χ2n) is 9.25. The molecule has 9 heteroatoms. The lowest BCUT2D eigenvalue weighted by atomic mass is 9.99. The van der Waals surface area contributed by atoms with Crippen molar-refractivity contribution >= 4 is 21.8 Å². The summed E-state index contributed by atoms with van der Waals surface area (Å²) in [6.07, 6.45) is 1.76. The van der Waals surface area contributed by atoms with E-state index in [1.807, 2.05) is 39.0 Å². The topological polar surface area (TPSA) is 87.2 Å². The summed E-state index contributed by atoms with van der Waals surface area (Å²) in [4.78, 5) is 29.8. The maximum Gasteiger partial charge on any atom is 0.265 e. The van der Waals surface area contributed by atoms with Crippen LogP contribution in [0.4, 0.5) is 0 Å². The fraction of sp³-hybridized carbons (Fsp3) is 0.385. The molecule has 2 amide bonds. The Morgan fingerprint density at radius 3 is 2.37 bits per heavy atom. The van der Waals surface area contributed by atoms with Gasteiger partial charge in [0.1, 0.15) is 17.6 Å². The molecule has 1 fully saturated rings. The van der Waals surface area contributed by atoms with Crippen LogP contribution in [0, 0.1) is 13.8 Å². The SMILES string of the molecule is COc1ccc(CC2C(=O)N(C(C)C)C=C3N2C(=O)CCN3S(=O)(=O)c2cc(C)ccc2C)cc1. The fourth-order valence-electron chi connectivity index (χ4n) is 4.52. The standard InChI is InChI=1S/C26H31N3O5S/c1-17(2)27-16-24-28(35(32,33)23-14-18(3)6-7-19(23)4)13-12-25(30)29(24)22(26(27)31)15-20-8-10-21(34-5)11-9-20/h6-11,14,16-17,22H,12-13,15H2,1-5H3. The number of ether oxygens (including phenoxy) is 1. The van der Waals surface area contributed by atoms with Crippen LogP contribution in [0.25, 0.3) is 0 Å². The van der Waals surface area contributed by atoms with Gasteiger partial charge in [-0.25, -0.2) is 12.7 Å². The van der Waals surface area contributed by atoms with Crippen LogP contribution in [-0.2, 0) is 26.0 Å². The van der Waals surface area contributed by atoms with Gasteiger partial charge in [0.2, 0.25) is 11.8 Å². The number of nitrogens with zero attached hydrogens (tertiary/aromatic N) is 3. The molecule has 0 aliphatic carbocycles. The highest BCUT2D eigenvalue weighted by Crippen LogP contribution is 2.35. The molecule has 1 saturated heterocycles. The Morgan fingerprint density at radius 2 is 1.74 bits per heavy atom. The number of fused-ring (bicyclic) bond motifs is 1. The Labute approximate surface area is 206 Å². The molecule has 1 unspecified atom stereocenters. The molecule has 0 saturated carbocycles. The minimum atomic E-state index is -3.96. The van der Waals surface area contributed by atoms with E-state index in [0.717, 1.165) is 11.1 Å². The predicted molar refractivity (Wildman–Crippen MR) is 132 cm³/mol. The fourth-order valence-corrected chi connectivity index (χ4v) is 6.29. The van der Waals surface area contributed by atoms with Crippen molar-refractivity contribution in [1.29, 1.82) is 0 Å².